The normalized spacial score (nSPS) is 30.5. The van der Waals surface area contributed by atoms with E-state index in [1.165, 1.54) is 19.8 Å². The zero-order valence-corrected chi connectivity index (χ0v) is 26.6. The van der Waals surface area contributed by atoms with Crippen molar-refractivity contribution in [3.05, 3.63) is 57.1 Å². The molecule has 43 heavy (non-hydrogen) atoms. The number of hydrogen-bond donors (Lipinski definition) is 1. The van der Waals surface area contributed by atoms with Crippen LogP contribution in [0.3, 0.4) is 0 Å². The number of carbonyl (C=O) groups excluding carboxylic acids is 2. The smallest absolute Gasteiger partial charge is 0.303 e. The number of likely N-dealkylation sites (tertiary alicyclic amines) is 1. The van der Waals surface area contributed by atoms with Crippen LogP contribution in [0.2, 0.25) is 10.0 Å². The molecular formula is C34H40Cl2N2O5. The van der Waals surface area contributed by atoms with Crippen molar-refractivity contribution in [3.63, 3.8) is 0 Å². The number of phenolic OH excluding ortho intramolecular Hbond substituents is 1. The highest BCUT2D eigenvalue weighted by atomic mass is 35.5. The Morgan fingerprint density at radius 1 is 1.14 bits per heavy atom. The minimum absolute atomic E-state index is 0.00370. The summed E-state index contributed by atoms with van der Waals surface area (Å²) in [4.78, 5) is 31.7. The van der Waals surface area contributed by atoms with Crippen LogP contribution in [-0.2, 0) is 32.6 Å². The van der Waals surface area contributed by atoms with Crippen molar-refractivity contribution in [2.75, 3.05) is 19.6 Å². The van der Waals surface area contributed by atoms with Gasteiger partial charge in [0.2, 0.25) is 5.91 Å². The lowest BCUT2D eigenvalue weighted by Crippen LogP contribution is -2.79. The largest absolute Gasteiger partial charge is 0.504 e. The van der Waals surface area contributed by atoms with Gasteiger partial charge in [-0.2, -0.15) is 0 Å². The summed E-state index contributed by atoms with van der Waals surface area (Å²) >= 11 is 12.5. The first-order chi connectivity index (χ1) is 20.5. The Labute approximate surface area is 263 Å². The molecule has 2 aromatic rings. The number of benzene rings is 2. The number of rotatable bonds is 8. The highest BCUT2D eigenvalue weighted by molar-refractivity contribution is 6.42. The molecule has 2 aliphatic heterocycles. The van der Waals surface area contributed by atoms with Gasteiger partial charge in [-0.1, -0.05) is 49.2 Å². The number of esters is 1. The number of halogens is 2. The van der Waals surface area contributed by atoms with Gasteiger partial charge in [0.05, 0.1) is 34.0 Å². The monoisotopic (exact) mass is 626 g/mol. The topological polar surface area (TPSA) is 79.3 Å². The summed E-state index contributed by atoms with van der Waals surface area (Å²) in [5.41, 5.74) is 1.50. The molecule has 230 valence electrons. The minimum Gasteiger partial charge on any atom is -0.504 e. The lowest BCUT2D eigenvalue weighted by molar-refractivity contribution is -0.224. The van der Waals surface area contributed by atoms with Crippen molar-refractivity contribution in [2.45, 2.75) is 94.9 Å². The molecule has 2 bridgehead atoms. The van der Waals surface area contributed by atoms with Crippen LogP contribution in [0, 0.1) is 11.8 Å². The minimum atomic E-state index is -0.796. The van der Waals surface area contributed by atoms with Crippen LogP contribution >= 0.6 is 23.2 Å². The number of carbonyl (C=O) groups is 2. The van der Waals surface area contributed by atoms with E-state index < -0.39 is 17.1 Å². The van der Waals surface area contributed by atoms with Gasteiger partial charge in [-0.25, -0.2) is 0 Å². The van der Waals surface area contributed by atoms with Gasteiger partial charge >= 0.3 is 5.97 Å². The summed E-state index contributed by atoms with van der Waals surface area (Å²) in [5, 5.41) is 12.0. The molecule has 3 aliphatic carbocycles. The molecule has 1 saturated heterocycles. The SMILES string of the molecule is CC(=O)O[C@@]12CC[C@H](N(CC(C)C)C(=O)Cc3ccc(Cl)c(Cl)c3)[C@@H]3Oc4c(O)ccc5c4[C@@]31CCN(CC1CC1)[C@@H]2C5. The van der Waals surface area contributed by atoms with E-state index in [1.807, 2.05) is 17.0 Å². The molecule has 3 fully saturated rings. The lowest BCUT2D eigenvalue weighted by Gasteiger charge is -2.65. The maximum atomic E-state index is 14.2. The van der Waals surface area contributed by atoms with Crippen LogP contribution in [-0.4, -0.2) is 70.2 Å². The van der Waals surface area contributed by atoms with Gasteiger partial charge in [0.1, 0.15) is 11.7 Å². The van der Waals surface area contributed by atoms with Gasteiger partial charge in [0, 0.05) is 25.6 Å². The Morgan fingerprint density at radius 3 is 2.63 bits per heavy atom. The first-order valence-electron chi connectivity index (χ1n) is 15.7. The molecule has 2 aromatic carbocycles. The van der Waals surface area contributed by atoms with Crippen LogP contribution in [0.4, 0.5) is 0 Å². The number of piperidine rings is 1. The summed E-state index contributed by atoms with van der Waals surface area (Å²) in [6.07, 6.45) is 5.00. The Balaban J connectivity index is 1.33. The van der Waals surface area contributed by atoms with E-state index in [1.54, 1.807) is 18.2 Å². The van der Waals surface area contributed by atoms with Crippen LogP contribution in [0.5, 0.6) is 11.5 Å². The Hall–Kier alpha value is -2.48. The second kappa shape index (κ2) is 10.6. The van der Waals surface area contributed by atoms with Gasteiger partial charge < -0.3 is 19.5 Å². The lowest BCUT2D eigenvalue weighted by atomic mass is 9.48. The number of ether oxygens (including phenoxy) is 2. The predicted octanol–water partition coefficient (Wildman–Crippen LogP) is 5.93. The summed E-state index contributed by atoms with van der Waals surface area (Å²) in [5.74, 6) is 1.24. The Kier molecular flexibility index (Phi) is 7.18. The standard InChI is InChI=1S/C34H40Cl2N2O5/c1-19(2)17-38(29(41)15-22-6-8-24(35)25(36)14-22)26-10-11-34(43-20(3)39)28-16-23-7-9-27(40)31-30(23)33(34,32(26)42-31)12-13-37(28)18-21-4-5-21/h6-9,14,19,21,26,28,32,40H,4-5,10-13,15-18H2,1-3H3/t26-,28+,32-,33-,34+/m0/s1. The molecule has 0 radical (unpaired) electrons. The second-order valence-corrected chi connectivity index (χ2v) is 14.6. The Morgan fingerprint density at radius 2 is 1.93 bits per heavy atom. The van der Waals surface area contributed by atoms with Crippen LogP contribution in [0.25, 0.3) is 0 Å². The highest BCUT2D eigenvalue weighted by Gasteiger charge is 2.75. The summed E-state index contributed by atoms with van der Waals surface area (Å²) < 4.78 is 13.5. The number of hydrogen-bond acceptors (Lipinski definition) is 6. The fourth-order valence-corrected chi connectivity index (χ4v) is 9.27. The summed E-state index contributed by atoms with van der Waals surface area (Å²) in [6.45, 7) is 8.19. The predicted molar refractivity (Wildman–Crippen MR) is 165 cm³/mol. The molecule has 2 heterocycles. The van der Waals surface area contributed by atoms with Crippen molar-refractivity contribution < 1.29 is 24.2 Å². The van der Waals surface area contributed by atoms with E-state index in [0.29, 0.717) is 41.1 Å². The fraction of sp³-hybridized carbons (Fsp3) is 0.588. The molecule has 5 atom stereocenters. The number of aromatic hydroxyl groups is 1. The van der Waals surface area contributed by atoms with E-state index in [2.05, 4.69) is 18.7 Å². The van der Waals surface area contributed by atoms with Gasteiger partial charge in [0.25, 0.3) is 0 Å². The first kappa shape index (κ1) is 29.2. The third kappa shape index (κ3) is 4.55. The number of phenols is 1. The number of nitrogens with zero attached hydrogens (tertiary/aromatic N) is 2. The third-order valence-corrected chi connectivity index (χ3v) is 11.4. The van der Waals surface area contributed by atoms with Crippen molar-refractivity contribution in [1.82, 2.24) is 9.80 Å². The zero-order chi connectivity index (χ0) is 30.3. The molecule has 9 heteroatoms. The molecule has 7 rings (SSSR count). The molecule has 1 N–H and O–H groups in total. The molecular weight excluding hydrogens is 587 g/mol. The second-order valence-electron chi connectivity index (χ2n) is 13.8. The molecule has 2 saturated carbocycles. The van der Waals surface area contributed by atoms with Crippen molar-refractivity contribution >= 4 is 35.1 Å². The fourth-order valence-electron chi connectivity index (χ4n) is 8.95. The van der Waals surface area contributed by atoms with Crippen molar-refractivity contribution in [2.24, 2.45) is 11.8 Å². The van der Waals surface area contributed by atoms with Gasteiger partial charge in [-0.15, -0.1) is 0 Å². The number of amides is 1. The maximum absolute atomic E-state index is 14.2. The molecule has 0 aromatic heterocycles. The zero-order valence-electron chi connectivity index (χ0n) is 25.1. The molecule has 1 amide bonds. The molecule has 0 unspecified atom stereocenters. The first-order valence-corrected chi connectivity index (χ1v) is 16.5. The molecule has 1 spiro atoms. The van der Waals surface area contributed by atoms with Gasteiger partial charge in [-0.05, 0) is 86.2 Å². The third-order valence-electron chi connectivity index (χ3n) is 10.6. The quantitative estimate of drug-likeness (QED) is 0.366. The van der Waals surface area contributed by atoms with Gasteiger partial charge in [-0.3, -0.25) is 14.5 Å². The average molecular weight is 628 g/mol. The van der Waals surface area contributed by atoms with E-state index in [4.69, 9.17) is 32.7 Å². The molecule has 7 nitrogen and oxygen atoms in total. The highest BCUT2D eigenvalue weighted by Crippen LogP contribution is 2.67. The van der Waals surface area contributed by atoms with E-state index in [9.17, 15) is 14.7 Å². The van der Waals surface area contributed by atoms with Crippen LogP contribution in [0.15, 0.2) is 30.3 Å². The van der Waals surface area contributed by atoms with Crippen molar-refractivity contribution in [1.29, 1.82) is 0 Å². The van der Waals surface area contributed by atoms with E-state index in [0.717, 1.165) is 42.6 Å². The van der Waals surface area contributed by atoms with Crippen LogP contribution in [0.1, 0.15) is 69.6 Å². The van der Waals surface area contributed by atoms with Crippen LogP contribution < -0.4 is 4.74 Å². The van der Waals surface area contributed by atoms with Gasteiger partial charge in [0.15, 0.2) is 11.5 Å². The Bertz CT molecular complexity index is 1480. The average Bonchev–Trinajstić information content (AvgIpc) is 3.69. The maximum Gasteiger partial charge on any atom is 0.303 e. The summed E-state index contributed by atoms with van der Waals surface area (Å²) in [6, 6.07) is 8.86. The van der Waals surface area contributed by atoms with Crippen molar-refractivity contribution in [3.8, 4) is 11.5 Å². The molecule has 5 aliphatic rings. The van der Waals surface area contributed by atoms with E-state index >= 15 is 0 Å². The van der Waals surface area contributed by atoms with E-state index in [-0.39, 0.29) is 42.0 Å². The summed E-state index contributed by atoms with van der Waals surface area (Å²) in [7, 11) is 0.